The summed E-state index contributed by atoms with van der Waals surface area (Å²) in [4.78, 5) is 15.8. The van der Waals surface area contributed by atoms with Crippen LogP contribution in [0.1, 0.15) is 16.0 Å². The molecule has 1 N–H and O–H groups in total. The van der Waals surface area contributed by atoms with E-state index in [-0.39, 0.29) is 5.91 Å². The summed E-state index contributed by atoms with van der Waals surface area (Å²) in [6, 6.07) is 8.16. The van der Waals surface area contributed by atoms with Crippen molar-refractivity contribution in [3.63, 3.8) is 0 Å². The summed E-state index contributed by atoms with van der Waals surface area (Å²) in [5, 5.41) is 9.61. The van der Waals surface area contributed by atoms with E-state index >= 15 is 0 Å². The minimum absolute atomic E-state index is 0.169. The number of rotatable bonds is 4. The topological polar surface area (TPSA) is 49.6 Å². The van der Waals surface area contributed by atoms with Gasteiger partial charge in [0.15, 0.2) is 0 Å². The number of nitrogens with zero attached hydrogens (tertiary/aromatic N) is 3. The molecule has 4 heterocycles. The molecule has 0 fully saturated rings. The molecule has 0 bridgehead atoms. The maximum atomic E-state index is 12.4. The quantitative estimate of drug-likeness (QED) is 0.798. The van der Waals surface area contributed by atoms with Gasteiger partial charge in [-0.25, -0.2) is 4.52 Å². The van der Waals surface area contributed by atoms with Gasteiger partial charge in [-0.1, -0.05) is 6.07 Å². The first-order chi connectivity index (χ1) is 11.3. The van der Waals surface area contributed by atoms with Gasteiger partial charge < -0.3 is 10.2 Å². The molecule has 0 atom stereocenters. The lowest BCUT2D eigenvalue weighted by Crippen LogP contribution is -2.40. The zero-order valence-corrected chi connectivity index (χ0v) is 13.6. The van der Waals surface area contributed by atoms with Crippen LogP contribution in [0.5, 0.6) is 0 Å². The number of carbonyl (C=O) groups is 1. The van der Waals surface area contributed by atoms with E-state index in [9.17, 15) is 4.79 Å². The van der Waals surface area contributed by atoms with Crippen LogP contribution >= 0.6 is 11.3 Å². The van der Waals surface area contributed by atoms with Gasteiger partial charge in [0, 0.05) is 36.9 Å². The molecule has 6 heteroatoms. The van der Waals surface area contributed by atoms with Crippen LogP contribution in [0.2, 0.25) is 0 Å². The molecule has 23 heavy (non-hydrogen) atoms. The molecule has 0 saturated carbocycles. The maximum Gasteiger partial charge on any atom is 0.236 e. The summed E-state index contributed by atoms with van der Waals surface area (Å²) in [5.41, 5.74) is 3.53. The molecule has 0 spiro atoms. The van der Waals surface area contributed by atoms with Crippen molar-refractivity contribution in [2.75, 3.05) is 13.1 Å². The molecule has 1 aliphatic rings. The highest BCUT2D eigenvalue weighted by atomic mass is 32.1. The molecule has 0 saturated heterocycles. The molecule has 0 aromatic carbocycles. The van der Waals surface area contributed by atoms with Crippen LogP contribution in [0.3, 0.4) is 0 Å². The van der Waals surface area contributed by atoms with Crippen LogP contribution < -0.4 is 5.32 Å². The molecule has 3 aromatic heterocycles. The molecule has 0 unspecified atom stereocenters. The lowest BCUT2D eigenvalue weighted by molar-refractivity contribution is -0.131. The first kappa shape index (κ1) is 14.4. The molecule has 0 radical (unpaired) electrons. The van der Waals surface area contributed by atoms with Crippen LogP contribution in [0.25, 0.3) is 5.52 Å². The molecule has 4 rings (SSSR count). The molecule has 118 valence electrons. The van der Waals surface area contributed by atoms with E-state index in [4.69, 9.17) is 0 Å². The predicted octanol–water partition coefficient (Wildman–Crippen LogP) is 2.07. The van der Waals surface area contributed by atoms with E-state index < -0.39 is 0 Å². The third kappa shape index (κ3) is 2.87. The van der Waals surface area contributed by atoms with Crippen molar-refractivity contribution >= 4 is 22.8 Å². The van der Waals surface area contributed by atoms with Crippen molar-refractivity contribution in [2.24, 2.45) is 0 Å². The molecule has 3 aromatic rings. The van der Waals surface area contributed by atoms with Crippen LogP contribution in [0.4, 0.5) is 0 Å². The average molecular weight is 326 g/mol. The van der Waals surface area contributed by atoms with Gasteiger partial charge in [-0.15, -0.1) is 11.3 Å². The number of hydrogen-bond donors (Lipinski definition) is 1. The van der Waals surface area contributed by atoms with Crippen molar-refractivity contribution in [1.29, 1.82) is 0 Å². The Morgan fingerprint density at radius 2 is 2.30 bits per heavy atom. The second-order valence-electron chi connectivity index (χ2n) is 5.73. The molecule has 5 nitrogen and oxygen atoms in total. The Bertz CT molecular complexity index is 838. The van der Waals surface area contributed by atoms with E-state index in [1.807, 2.05) is 27.7 Å². The first-order valence-electron chi connectivity index (χ1n) is 7.76. The second-order valence-corrected chi connectivity index (χ2v) is 6.73. The summed E-state index contributed by atoms with van der Waals surface area (Å²) in [5.74, 6) is 0.169. The minimum Gasteiger partial charge on any atom is -0.337 e. The van der Waals surface area contributed by atoms with Crippen LogP contribution in [-0.2, 0) is 24.3 Å². The predicted molar refractivity (Wildman–Crippen MR) is 90.3 cm³/mol. The van der Waals surface area contributed by atoms with Crippen LogP contribution in [0, 0.1) is 0 Å². The molecular weight excluding hydrogens is 308 g/mol. The smallest absolute Gasteiger partial charge is 0.236 e. The van der Waals surface area contributed by atoms with E-state index in [2.05, 4.69) is 27.9 Å². The molecule has 1 amide bonds. The number of thiophene rings is 1. The number of nitrogens with one attached hydrogen (secondary N) is 1. The number of hydrogen-bond acceptors (Lipinski definition) is 4. The summed E-state index contributed by atoms with van der Waals surface area (Å²) in [7, 11) is 0. The van der Waals surface area contributed by atoms with Crippen LogP contribution in [-0.4, -0.2) is 33.5 Å². The lowest BCUT2D eigenvalue weighted by Gasteiger charge is -2.27. The van der Waals surface area contributed by atoms with Gasteiger partial charge in [-0.3, -0.25) is 4.79 Å². The first-order valence-corrected chi connectivity index (χ1v) is 8.64. The monoisotopic (exact) mass is 326 g/mol. The van der Waals surface area contributed by atoms with E-state index in [0.29, 0.717) is 13.1 Å². The Kier molecular flexibility index (Phi) is 3.85. The van der Waals surface area contributed by atoms with Crippen molar-refractivity contribution in [3.05, 3.63) is 58.0 Å². The van der Waals surface area contributed by atoms with E-state index in [1.54, 1.807) is 17.5 Å². The average Bonchev–Trinajstić information content (AvgIpc) is 3.23. The van der Waals surface area contributed by atoms with Gasteiger partial charge in [0.25, 0.3) is 0 Å². The Balaban J connectivity index is 1.35. The van der Waals surface area contributed by atoms with Gasteiger partial charge in [-0.05, 0) is 41.1 Å². The zero-order chi connectivity index (χ0) is 15.6. The third-order valence-corrected chi connectivity index (χ3v) is 5.30. The standard InChI is InChI=1S/C17H18N4OS/c22-17(20-8-4-16-14(12-20)5-9-23-16)11-18-10-13-2-1-7-21-15(13)3-6-19-21/h1-3,5-7,9,18H,4,8,10-12H2. The zero-order valence-electron chi connectivity index (χ0n) is 12.7. The molecule has 1 aliphatic heterocycles. The Morgan fingerprint density at radius 3 is 3.26 bits per heavy atom. The fourth-order valence-electron chi connectivity index (χ4n) is 3.04. The largest absolute Gasteiger partial charge is 0.337 e. The van der Waals surface area contributed by atoms with Crippen molar-refractivity contribution in [2.45, 2.75) is 19.5 Å². The minimum atomic E-state index is 0.169. The number of carbonyl (C=O) groups excluding carboxylic acids is 1. The van der Waals surface area contributed by atoms with Crippen LogP contribution in [0.15, 0.2) is 42.0 Å². The van der Waals surface area contributed by atoms with Gasteiger partial charge in [0.05, 0.1) is 12.1 Å². The highest BCUT2D eigenvalue weighted by Gasteiger charge is 2.20. The molecular formula is C17H18N4OS. The second kappa shape index (κ2) is 6.14. The van der Waals surface area contributed by atoms with Crippen molar-refractivity contribution in [1.82, 2.24) is 19.8 Å². The SMILES string of the molecule is O=C(CNCc1cccn2nccc12)N1CCc2sccc2C1. The van der Waals surface area contributed by atoms with Gasteiger partial charge in [-0.2, -0.15) is 5.10 Å². The number of fused-ring (bicyclic) bond motifs is 2. The highest BCUT2D eigenvalue weighted by Crippen LogP contribution is 2.23. The summed E-state index contributed by atoms with van der Waals surface area (Å²) in [6.45, 7) is 2.61. The van der Waals surface area contributed by atoms with Gasteiger partial charge in [0.2, 0.25) is 5.91 Å². The lowest BCUT2D eigenvalue weighted by atomic mass is 10.1. The van der Waals surface area contributed by atoms with Gasteiger partial charge >= 0.3 is 0 Å². The third-order valence-electron chi connectivity index (χ3n) is 4.28. The molecule has 0 aliphatic carbocycles. The maximum absolute atomic E-state index is 12.4. The number of pyridine rings is 1. The highest BCUT2D eigenvalue weighted by molar-refractivity contribution is 7.10. The summed E-state index contributed by atoms with van der Waals surface area (Å²) >= 11 is 1.79. The summed E-state index contributed by atoms with van der Waals surface area (Å²) < 4.78 is 1.85. The summed E-state index contributed by atoms with van der Waals surface area (Å²) in [6.07, 6.45) is 4.69. The fraction of sp³-hybridized carbons (Fsp3) is 0.294. The van der Waals surface area contributed by atoms with E-state index in [0.717, 1.165) is 30.6 Å². The van der Waals surface area contributed by atoms with Gasteiger partial charge in [0.1, 0.15) is 0 Å². The Hall–Kier alpha value is -2.18. The number of aromatic nitrogens is 2. The number of amides is 1. The van der Waals surface area contributed by atoms with E-state index in [1.165, 1.54) is 10.4 Å². The fourth-order valence-corrected chi connectivity index (χ4v) is 3.93. The van der Waals surface area contributed by atoms with Crippen molar-refractivity contribution in [3.8, 4) is 0 Å². The Morgan fingerprint density at radius 1 is 1.35 bits per heavy atom. The van der Waals surface area contributed by atoms with Crippen molar-refractivity contribution < 1.29 is 4.79 Å². The normalized spacial score (nSPS) is 14.2. The Labute approximate surface area is 138 Å².